The molecule has 1 aliphatic heterocycles. The molecule has 2 amide bonds. The van der Waals surface area contributed by atoms with Crippen LogP contribution in [0.1, 0.15) is 46.4 Å². The molecular weight excluding hydrogens is 440 g/mol. The van der Waals surface area contributed by atoms with Gasteiger partial charge >= 0.3 is 5.63 Å². The molecule has 0 spiro atoms. The van der Waals surface area contributed by atoms with E-state index in [1.807, 2.05) is 29.2 Å². The van der Waals surface area contributed by atoms with Gasteiger partial charge in [-0.2, -0.15) is 0 Å². The summed E-state index contributed by atoms with van der Waals surface area (Å²) >= 11 is 0. The maximum absolute atomic E-state index is 13.2. The summed E-state index contributed by atoms with van der Waals surface area (Å²) in [6.07, 6.45) is 4.28. The number of rotatable bonds is 4. The largest absolute Gasteiger partial charge is 0.422 e. The molecule has 35 heavy (non-hydrogen) atoms. The predicted molar refractivity (Wildman–Crippen MR) is 137 cm³/mol. The first-order chi connectivity index (χ1) is 17.1. The number of amides is 2. The van der Waals surface area contributed by atoms with Crippen molar-refractivity contribution in [2.75, 3.05) is 18.4 Å². The normalized spacial score (nSPS) is 13.9. The maximum Gasteiger partial charge on any atom is 0.344 e. The van der Waals surface area contributed by atoms with Gasteiger partial charge in [0.25, 0.3) is 11.8 Å². The van der Waals surface area contributed by atoms with Gasteiger partial charge in [0.15, 0.2) is 0 Å². The Kier molecular flexibility index (Phi) is 6.44. The summed E-state index contributed by atoms with van der Waals surface area (Å²) in [5.41, 5.74) is 2.62. The topological polar surface area (TPSA) is 79.6 Å². The van der Waals surface area contributed by atoms with Crippen molar-refractivity contribution >= 4 is 28.5 Å². The SMILES string of the molecule is O=C(Nc1ccccc1C(=O)N1CCCCCC1)c1ccc(-c2cc3ccccc3oc2=O)cc1. The second-order valence-corrected chi connectivity index (χ2v) is 8.77. The number of fused-ring (bicyclic) bond motifs is 1. The molecule has 5 rings (SSSR count). The number of benzene rings is 3. The average Bonchev–Trinajstić information content (AvgIpc) is 3.18. The number of carbonyl (C=O) groups excluding carboxylic acids is 2. The highest BCUT2D eigenvalue weighted by molar-refractivity contribution is 6.09. The summed E-state index contributed by atoms with van der Waals surface area (Å²) < 4.78 is 5.43. The molecule has 176 valence electrons. The van der Waals surface area contributed by atoms with E-state index in [4.69, 9.17) is 4.42 Å². The molecule has 0 bridgehead atoms. The van der Waals surface area contributed by atoms with Crippen molar-refractivity contribution in [3.63, 3.8) is 0 Å². The van der Waals surface area contributed by atoms with Crippen LogP contribution >= 0.6 is 0 Å². The van der Waals surface area contributed by atoms with Crippen LogP contribution in [0.5, 0.6) is 0 Å². The van der Waals surface area contributed by atoms with Gasteiger partial charge in [-0.3, -0.25) is 9.59 Å². The molecule has 3 aromatic carbocycles. The first-order valence-electron chi connectivity index (χ1n) is 11.9. The van der Waals surface area contributed by atoms with Crippen LogP contribution in [0.3, 0.4) is 0 Å². The Morgan fingerprint density at radius 2 is 1.49 bits per heavy atom. The van der Waals surface area contributed by atoms with Gasteiger partial charge in [0.2, 0.25) is 0 Å². The second kappa shape index (κ2) is 9.97. The Labute approximate surface area is 203 Å². The van der Waals surface area contributed by atoms with Crippen molar-refractivity contribution in [2.45, 2.75) is 25.7 Å². The number of likely N-dealkylation sites (tertiary alicyclic amines) is 1. The second-order valence-electron chi connectivity index (χ2n) is 8.77. The first kappa shape index (κ1) is 22.6. The van der Waals surface area contributed by atoms with Crippen LogP contribution in [-0.2, 0) is 0 Å². The number of anilines is 1. The van der Waals surface area contributed by atoms with Gasteiger partial charge in [-0.15, -0.1) is 0 Å². The van der Waals surface area contributed by atoms with Crippen LogP contribution in [0.25, 0.3) is 22.1 Å². The van der Waals surface area contributed by atoms with Crippen LogP contribution in [-0.4, -0.2) is 29.8 Å². The minimum atomic E-state index is -0.429. The minimum absolute atomic E-state index is 0.0545. The third-order valence-electron chi connectivity index (χ3n) is 6.40. The molecule has 0 saturated carbocycles. The number of carbonyl (C=O) groups is 2. The third kappa shape index (κ3) is 4.87. The van der Waals surface area contributed by atoms with E-state index in [1.165, 1.54) is 0 Å². The highest BCUT2D eigenvalue weighted by Crippen LogP contribution is 2.23. The van der Waals surface area contributed by atoms with Gasteiger partial charge in [0.1, 0.15) is 5.58 Å². The summed E-state index contributed by atoms with van der Waals surface area (Å²) in [5, 5.41) is 3.72. The fourth-order valence-electron chi connectivity index (χ4n) is 4.48. The van der Waals surface area contributed by atoms with Gasteiger partial charge in [-0.1, -0.05) is 55.3 Å². The molecule has 0 atom stereocenters. The van der Waals surface area contributed by atoms with Crippen molar-refractivity contribution in [3.05, 3.63) is 100 Å². The zero-order valence-corrected chi connectivity index (χ0v) is 19.3. The zero-order valence-electron chi connectivity index (χ0n) is 19.3. The number of nitrogens with zero attached hydrogens (tertiary/aromatic N) is 1. The van der Waals surface area contributed by atoms with Gasteiger partial charge in [0.05, 0.1) is 16.8 Å². The Morgan fingerprint density at radius 3 is 2.26 bits per heavy atom. The van der Waals surface area contributed by atoms with E-state index in [0.29, 0.717) is 33.5 Å². The summed E-state index contributed by atoms with van der Waals surface area (Å²) in [4.78, 5) is 40.5. The quantitative estimate of drug-likeness (QED) is 0.390. The highest BCUT2D eigenvalue weighted by atomic mass is 16.4. The molecule has 1 aromatic heterocycles. The highest BCUT2D eigenvalue weighted by Gasteiger charge is 2.21. The Hall–Kier alpha value is -4.19. The van der Waals surface area contributed by atoms with Crippen molar-refractivity contribution < 1.29 is 14.0 Å². The fraction of sp³-hybridized carbons (Fsp3) is 0.207. The van der Waals surface area contributed by atoms with Crippen LogP contribution < -0.4 is 10.9 Å². The molecule has 6 nitrogen and oxygen atoms in total. The predicted octanol–water partition coefficient (Wildman–Crippen LogP) is 5.73. The Balaban J connectivity index is 1.36. The molecule has 1 aliphatic rings. The summed E-state index contributed by atoms with van der Waals surface area (Å²) in [5.74, 6) is -0.376. The molecule has 1 saturated heterocycles. The van der Waals surface area contributed by atoms with E-state index in [-0.39, 0.29) is 11.8 Å². The third-order valence-corrected chi connectivity index (χ3v) is 6.40. The van der Waals surface area contributed by atoms with Gasteiger partial charge < -0.3 is 14.6 Å². The van der Waals surface area contributed by atoms with Gasteiger partial charge in [-0.25, -0.2) is 4.79 Å². The molecule has 4 aromatic rings. The zero-order chi connectivity index (χ0) is 24.2. The van der Waals surface area contributed by atoms with Crippen molar-refractivity contribution in [3.8, 4) is 11.1 Å². The number of hydrogen-bond donors (Lipinski definition) is 1. The average molecular weight is 467 g/mol. The van der Waals surface area contributed by atoms with Crippen molar-refractivity contribution in [2.24, 2.45) is 0 Å². The Bertz CT molecular complexity index is 1430. The maximum atomic E-state index is 13.2. The summed E-state index contributed by atoms with van der Waals surface area (Å²) in [6.45, 7) is 1.48. The number of nitrogens with one attached hydrogen (secondary N) is 1. The van der Waals surface area contributed by atoms with E-state index in [9.17, 15) is 14.4 Å². The van der Waals surface area contributed by atoms with E-state index in [0.717, 1.165) is 44.2 Å². The molecule has 0 radical (unpaired) electrons. The monoisotopic (exact) mass is 466 g/mol. The molecule has 1 N–H and O–H groups in total. The van der Waals surface area contributed by atoms with Crippen LogP contribution in [0, 0.1) is 0 Å². The lowest BCUT2D eigenvalue weighted by Gasteiger charge is -2.22. The van der Waals surface area contributed by atoms with E-state index >= 15 is 0 Å². The molecule has 2 heterocycles. The standard InChI is InChI=1S/C29H26N2O4/c32-27(30-25-11-5-4-10-23(25)28(33)31-17-7-1-2-8-18-31)21-15-13-20(14-16-21)24-19-22-9-3-6-12-26(22)35-29(24)34/h3-6,9-16,19H,1-2,7-8,17-18H2,(H,30,32). The summed E-state index contributed by atoms with van der Waals surface area (Å²) in [7, 11) is 0. The van der Waals surface area contributed by atoms with E-state index in [1.54, 1.807) is 54.6 Å². The molecule has 0 unspecified atom stereocenters. The molecular formula is C29H26N2O4. The van der Waals surface area contributed by atoms with Crippen LogP contribution in [0.4, 0.5) is 5.69 Å². The van der Waals surface area contributed by atoms with Gasteiger partial charge in [-0.05, 0) is 54.8 Å². The van der Waals surface area contributed by atoms with Crippen LogP contribution in [0.2, 0.25) is 0 Å². The lowest BCUT2D eigenvalue weighted by molar-refractivity contribution is 0.0762. The van der Waals surface area contributed by atoms with Crippen molar-refractivity contribution in [1.82, 2.24) is 4.90 Å². The fourth-order valence-corrected chi connectivity index (χ4v) is 4.48. The Morgan fingerprint density at radius 1 is 0.800 bits per heavy atom. The lowest BCUT2D eigenvalue weighted by atomic mass is 10.0. The lowest BCUT2D eigenvalue weighted by Crippen LogP contribution is -2.32. The summed E-state index contributed by atoms with van der Waals surface area (Å²) in [6, 6.07) is 23.0. The molecule has 1 fully saturated rings. The smallest absolute Gasteiger partial charge is 0.344 e. The minimum Gasteiger partial charge on any atom is -0.422 e. The molecule has 0 aliphatic carbocycles. The van der Waals surface area contributed by atoms with E-state index < -0.39 is 5.63 Å². The van der Waals surface area contributed by atoms with Crippen LogP contribution in [0.15, 0.2) is 88.1 Å². The van der Waals surface area contributed by atoms with E-state index in [2.05, 4.69) is 5.32 Å². The van der Waals surface area contributed by atoms with Gasteiger partial charge in [0, 0.05) is 24.0 Å². The van der Waals surface area contributed by atoms with Crippen molar-refractivity contribution in [1.29, 1.82) is 0 Å². The number of hydrogen-bond acceptors (Lipinski definition) is 4. The molecule has 6 heteroatoms. The number of para-hydroxylation sites is 2. The first-order valence-corrected chi connectivity index (χ1v) is 11.9.